The molecule has 0 radical (unpaired) electrons. The van der Waals surface area contributed by atoms with Crippen LogP contribution in [0.1, 0.15) is 47.9 Å². The van der Waals surface area contributed by atoms with Crippen molar-refractivity contribution in [3.05, 3.63) is 53.6 Å². The number of benzene rings is 2. The fourth-order valence-electron chi connectivity index (χ4n) is 4.06. The summed E-state index contributed by atoms with van der Waals surface area (Å²) >= 11 is 0. The van der Waals surface area contributed by atoms with Crippen LogP contribution in [0.15, 0.2) is 42.5 Å². The molecule has 182 valence electrons. The maximum Gasteiger partial charge on any atom is 0.256 e. The molecular weight excluding hydrogens is 432 g/mol. The van der Waals surface area contributed by atoms with Crippen molar-refractivity contribution in [3.63, 3.8) is 0 Å². The van der Waals surface area contributed by atoms with Crippen LogP contribution in [-0.2, 0) is 4.79 Å². The van der Waals surface area contributed by atoms with Crippen LogP contribution in [0.25, 0.3) is 0 Å². The first-order valence-corrected chi connectivity index (χ1v) is 11.8. The second-order valence-electron chi connectivity index (χ2n) is 8.12. The Bertz CT molecular complexity index is 1010. The Labute approximate surface area is 201 Å². The van der Waals surface area contributed by atoms with Crippen molar-refractivity contribution in [2.75, 3.05) is 56.6 Å². The van der Waals surface area contributed by atoms with Crippen LogP contribution in [0.4, 0.5) is 11.4 Å². The van der Waals surface area contributed by atoms with Gasteiger partial charge in [0.05, 0.1) is 12.7 Å². The summed E-state index contributed by atoms with van der Waals surface area (Å²) in [5, 5.41) is 2.85. The van der Waals surface area contributed by atoms with Crippen molar-refractivity contribution < 1.29 is 19.1 Å². The molecule has 0 bridgehead atoms. The van der Waals surface area contributed by atoms with Gasteiger partial charge in [-0.2, -0.15) is 0 Å². The van der Waals surface area contributed by atoms with Gasteiger partial charge >= 0.3 is 0 Å². The third-order valence-electron chi connectivity index (χ3n) is 6.13. The second-order valence-corrected chi connectivity index (χ2v) is 8.12. The number of ether oxygens (including phenoxy) is 1. The van der Waals surface area contributed by atoms with E-state index in [1.165, 1.54) is 0 Å². The zero-order valence-corrected chi connectivity index (χ0v) is 20.5. The summed E-state index contributed by atoms with van der Waals surface area (Å²) in [5.41, 5.74) is 2.62. The molecule has 3 rings (SSSR count). The van der Waals surface area contributed by atoms with Crippen LogP contribution in [-0.4, -0.2) is 73.9 Å². The summed E-state index contributed by atoms with van der Waals surface area (Å²) in [4.78, 5) is 43.9. The SMILES string of the molecule is CCC(=O)Nc1ccc(N2CCN(C(=O)c3ccc(OC)cc3)CC2)c(C(=O)N(CC)CC)c1. The standard InChI is InChI=1S/C26H34N4O4/c1-5-24(31)27-20-10-13-23(22(18-20)26(33)28(6-2)7-3)29-14-16-30(17-15-29)25(32)19-8-11-21(34-4)12-9-19/h8-13,18H,5-7,14-17H2,1-4H3,(H,27,31). The molecule has 1 fully saturated rings. The quantitative estimate of drug-likeness (QED) is 0.644. The number of hydrogen-bond acceptors (Lipinski definition) is 5. The summed E-state index contributed by atoms with van der Waals surface area (Å²) < 4.78 is 5.17. The van der Waals surface area contributed by atoms with Crippen molar-refractivity contribution in [1.29, 1.82) is 0 Å². The first kappa shape index (κ1) is 25.1. The van der Waals surface area contributed by atoms with E-state index in [9.17, 15) is 14.4 Å². The highest BCUT2D eigenvalue weighted by Crippen LogP contribution is 2.27. The van der Waals surface area contributed by atoms with Crippen molar-refractivity contribution in [1.82, 2.24) is 9.80 Å². The van der Waals surface area contributed by atoms with E-state index in [0.29, 0.717) is 68.3 Å². The molecular formula is C26H34N4O4. The van der Waals surface area contributed by atoms with E-state index in [1.54, 1.807) is 49.3 Å². The zero-order chi connectivity index (χ0) is 24.7. The fraction of sp³-hybridized carbons (Fsp3) is 0.423. The Balaban J connectivity index is 1.78. The van der Waals surface area contributed by atoms with Gasteiger partial charge in [-0.25, -0.2) is 0 Å². The Morgan fingerprint density at radius 1 is 0.941 bits per heavy atom. The number of methoxy groups -OCH3 is 1. The maximum atomic E-state index is 13.3. The monoisotopic (exact) mass is 466 g/mol. The van der Waals surface area contributed by atoms with Gasteiger partial charge in [0.15, 0.2) is 0 Å². The van der Waals surface area contributed by atoms with E-state index < -0.39 is 0 Å². The van der Waals surface area contributed by atoms with Gasteiger partial charge in [0.2, 0.25) is 5.91 Å². The second kappa shape index (κ2) is 11.5. The highest BCUT2D eigenvalue weighted by Gasteiger charge is 2.26. The van der Waals surface area contributed by atoms with Gasteiger partial charge in [0.1, 0.15) is 5.75 Å². The Morgan fingerprint density at radius 3 is 2.15 bits per heavy atom. The third-order valence-corrected chi connectivity index (χ3v) is 6.13. The van der Waals surface area contributed by atoms with Crippen molar-refractivity contribution in [2.24, 2.45) is 0 Å². The lowest BCUT2D eigenvalue weighted by atomic mass is 10.1. The van der Waals surface area contributed by atoms with E-state index in [0.717, 1.165) is 5.69 Å². The van der Waals surface area contributed by atoms with E-state index >= 15 is 0 Å². The van der Waals surface area contributed by atoms with Gasteiger partial charge in [0.25, 0.3) is 11.8 Å². The van der Waals surface area contributed by atoms with E-state index in [1.807, 2.05) is 30.9 Å². The maximum absolute atomic E-state index is 13.3. The molecule has 34 heavy (non-hydrogen) atoms. The molecule has 8 heteroatoms. The molecule has 8 nitrogen and oxygen atoms in total. The van der Waals surface area contributed by atoms with Crippen LogP contribution in [0.2, 0.25) is 0 Å². The molecule has 2 aromatic carbocycles. The van der Waals surface area contributed by atoms with Gasteiger partial charge < -0.3 is 24.8 Å². The predicted octanol–water partition coefficient (Wildman–Crippen LogP) is 3.49. The molecule has 1 heterocycles. The lowest BCUT2D eigenvalue weighted by Gasteiger charge is -2.37. The number of carbonyl (C=O) groups excluding carboxylic acids is 3. The molecule has 0 aliphatic carbocycles. The van der Waals surface area contributed by atoms with Crippen molar-refractivity contribution in [2.45, 2.75) is 27.2 Å². The number of nitrogens with one attached hydrogen (secondary N) is 1. The van der Waals surface area contributed by atoms with Crippen molar-refractivity contribution in [3.8, 4) is 5.75 Å². The zero-order valence-electron chi connectivity index (χ0n) is 20.5. The highest BCUT2D eigenvalue weighted by molar-refractivity contribution is 6.02. The first-order valence-electron chi connectivity index (χ1n) is 11.8. The van der Waals surface area contributed by atoms with Crippen LogP contribution in [0.3, 0.4) is 0 Å². The topological polar surface area (TPSA) is 82.2 Å². The van der Waals surface area contributed by atoms with Crippen LogP contribution in [0.5, 0.6) is 5.75 Å². The van der Waals surface area contributed by atoms with E-state index in [4.69, 9.17) is 4.74 Å². The summed E-state index contributed by atoms with van der Waals surface area (Å²) in [7, 11) is 1.60. The Kier molecular flexibility index (Phi) is 8.51. The van der Waals surface area contributed by atoms with E-state index in [2.05, 4.69) is 10.2 Å². The number of nitrogens with zero attached hydrogens (tertiary/aromatic N) is 3. The number of carbonyl (C=O) groups is 3. The van der Waals surface area contributed by atoms with Crippen LogP contribution >= 0.6 is 0 Å². The molecule has 0 aromatic heterocycles. The minimum Gasteiger partial charge on any atom is -0.497 e. The van der Waals surface area contributed by atoms with Crippen LogP contribution < -0.4 is 15.0 Å². The summed E-state index contributed by atoms with van der Waals surface area (Å²) in [6, 6.07) is 12.6. The molecule has 1 aliphatic heterocycles. The largest absolute Gasteiger partial charge is 0.497 e. The third kappa shape index (κ3) is 5.68. The van der Waals surface area contributed by atoms with E-state index in [-0.39, 0.29) is 17.7 Å². The molecule has 0 unspecified atom stereocenters. The average Bonchev–Trinajstić information content (AvgIpc) is 2.89. The lowest BCUT2D eigenvalue weighted by molar-refractivity contribution is -0.115. The minimum absolute atomic E-state index is 0.0145. The fourth-order valence-corrected chi connectivity index (χ4v) is 4.06. The molecule has 0 spiro atoms. The van der Waals surface area contributed by atoms with Crippen molar-refractivity contribution >= 4 is 29.1 Å². The highest BCUT2D eigenvalue weighted by atomic mass is 16.5. The molecule has 0 atom stereocenters. The molecule has 0 saturated carbocycles. The van der Waals surface area contributed by atoms with Gasteiger partial charge in [0, 0.05) is 62.6 Å². The number of piperazine rings is 1. The molecule has 1 aliphatic rings. The number of amides is 3. The number of rotatable bonds is 8. The lowest BCUT2D eigenvalue weighted by Crippen LogP contribution is -2.49. The Hall–Kier alpha value is -3.55. The summed E-state index contributed by atoms with van der Waals surface area (Å²) in [5.74, 6) is 0.536. The Morgan fingerprint density at radius 2 is 1.59 bits per heavy atom. The summed E-state index contributed by atoms with van der Waals surface area (Å²) in [6.07, 6.45) is 0.366. The first-order chi connectivity index (χ1) is 16.4. The molecule has 2 aromatic rings. The van der Waals surface area contributed by atoms with Gasteiger partial charge in [-0.15, -0.1) is 0 Å². The van der Waals surface area contributed by atoms with Crippen LogP contribution in [0, 0.1) is 0 Å². The summed E-state index contributed by atoms with van der Waals surface area (Å²) in [6.45, 7) is 9.23. The molecule has 1 saturated heterocycles. The predicted molar refractivity (Wildman–Crippen MR) is 134 cm³/mol. The number of hydrogen-bond donors (Lipinski definition) is 1. The smallest absolute Gasteiger partial charge is 0.256 e. The number of anilines is 2. The molecule has 1 N–H and O–H groups in total. The van der Waals surface area contributed by atoms with Gasteiger partial charge in [-0.3, -0.25) is 14.4 Å². The normalized spacial score (nSPS) is 13.4. The average molecular weight is 467 g/mol. The van der Waals surface area contributed by atoms with Gasteiger partial charge in [-0.05, 0) is 56.3 Å². The molecule has 3 amide bonds. The van der Waals surface area contributed by atoms with Gasteiger partial charge in [-0.1, -0.05) is 6.92 Å². The minimum atomic E-state index is -0.0975.